The van der Waals surface area contributed by atoms with Gasteiger partial charge >= 0.3 is 5.69 Å². The van der Waals surface area contributed by atoms with Crippen LogP contribution in [0.2, 0.25) is 0 Å². The number of anilines is 1. The Balaban J connectivity index is 1.90. The molecule has 0 spiro atoms. The largest absolute Gasteiger partial charge is 0.390 e. The fourth-order valence-electron chi connectivity index (χ4n) is 6.05. The monoisotopic (exact) mass is 646 g/mol. The number of likely N-dealkylation sites (tertiary alicyclic amines) is 1. The Labute approximate surface area is 265 Å². The minimum absolute atomic E-state index is 0.132. The molecule has 3 rings (SSSR count). The van der Waals surface area contributed by atoms with Gasteiger partial charge in [0, 0.05) is 50.2 Å². The number of alkyl halides is 4. The van der Waals surface area contributed by atoms with E-state index in [0.29, 0.717) is 52.0 Å². The Morgan fingerprint density at radius 2 is 1.75 bits per heavy atom. The van der Waals surface area contributed by atoms with Gasteiger partial charge < -0.3 is 15.7 Å². The molecule has 3 unspecified atom stereocenters. The number of hydrogen-bond acceptors (Lipinski definition) is 6. The molecular formula is C32H54ClF3N6O2. The number of aryl methyl sites for hydroxylation is 2. The van der Waals surface area contributed by atoms with Crippen molar-refractivity contribution in [3.63, 3.8) is 0 Å². The molecule has 252 valence electrons. The number of piperidine rings is 1. The van der Waals surface area contributed by atoms with Gasteiger partial charge in [-0.1, -0.05) is 34.1 Å². The molecule has 5 atom stereocenters. The predicted molar refractivity (Wildman–Crippen MR) is 175 cm³/mol. The fourth-order valence-corrected chi connectivity index (χ4v) is 6.18. The van der Waals surface area contributed by atoms with Gasteiger partial charge in [0.1, 0.15) is 6.67 Å². The summed E-state index contributed by atoms with van der Waals surface area (Å²) in [5.41, 5.74) is 1.20. The zero-order chi connectivity index (χ0) is 32.7. The van der Waals surface area contributed by atoms with E-state index in [2.05, 4.69) is 27.8 Å². The lowest BCUT2D eigenvalue weighted by atomic mass is 9.86. The van der Waals surface area contributed by atoms with Crippen molar-refractivity contribution in [1.29, 1.82) is 0 Å². The molecule has 2 heterocycles. The van der Waals surface area contributed by atoms with E-state index in [1.54, 1.807) is 36.8 Å². The number of hydrogen-bond donors (Lipinski definition) is 4. The van der Waals surface area contributed by atoms with Crippen LogP contribution < -0.4 is 21.6 Å². The summed E-state index contributed by atoms with van der Waals surface area (Å²) in [7, 11) is 0. The molecule has 1 aliphatic heterocycles. The van der Waals surface area contributed by atoms with Crippen molar-refractivity contribution in [2.75, 3.05) is 38.2 Å². The van der Waals surface area contributed by atoms with Gasteiger partial charge in [-0.25, -0.2) is 18.0 Å². The molecule has 44 heavy (non-hydrogen) atoms. The highest BCUT2D eigenvalue weighted by atomic mass is 35.5. The van der Waals surface area contributed by atoms with Crippen molar-refractivity contribution < 1.29 is 18.3 Å². The molecule has 0 radical (unpaired) electrons. The van der Waals surface area contributed by atoms with Crippen LogP contribution in [0, 0.1) is 11.8 Å². The predicted octanol–water partition coefficient (Wildman–Crippen LogP) is 5.61. The first-order valence-corrected chi connectivity index (χ1v) is 16.7. The van der Waals surface area contributed by atoms with Crippen LogP contribution in [0.3, 0.4) is 0 Å². The fraction of sp³-hybridized carbons (Fsp3) is 0.781. The number of rotatable bonds is 18. The van der Waals surface area contributed by atoms with Gasteiger partial charge in [0.05, 0.1) is 34.3 Å². The van der Waals surface area contributed by atoms with E-state index in [9.17, 15) is 23.1 Å². The lowest BCUT2D eigenvalue weighted by molar-refractivity contribution is -0.148. The van der Waals surface area contributed by atoms with E-state index in [4.69, 9.17) is 11.6 Å². The Kier molecular flexibility index (Phi) is 13.5. The minimum atomic E-state index is -2.69. The summed E-state index contributed by atoms with van der Waals surface area (Å²) in [5, 5.41) is 20.3. The third kappa shape index (κ3) is 9.37. The normalized spacial score (nSPS) is 21.4. The van der Waals surface area contributed by atoms with Crippen LogP contribution in [0.5, 0.6) is 0 Å². The van der Waals surface area contributed by atoms with Gasteiger partial charge in [0.25, 0.3) is 5.92 Å². The molecule has 0 saturated carbocycles. The second-order valence-electron chi connectivity index (χ2n) is 13.1. The molecule has 1 fully saturated rings. The molecule has 0 bridgehead atoms. The highest BCUT2D eigenvalue weighted by Crippen LogP contribution is 2.38. The average Bonchev–Trinajstić information content (AvgIpc) is 3.22. The number of fused-ring (bicyclic) bond motifs is 1. The van der Waals surface area contributed by atoms with Crippen molar-refractivity contribution in [2.45, 2.75) is 116 Å². The van der Waals surface area contributed by atoms with Gasteiger partial charge in [0.2, 0.25) is 0 Å². The van der Waals surface area contributed by atoms with Crippen LogP contribution in [-0.2, 0) is 13.1 Å². The molecule has 2 aromatic rings. The maximum Gasteiger partial charge on any atom is 0.329 e. The lowest BCUT2D eigenvalue weighted by Gasteiger charge is -2.46. The maximum atomic E-state index is 14.6. The Morgan fingerprint density at radius 3 is 2.34 bits per heavy atom. The maximum absolute atomic E-state index is 14.6. The van der Waals surface area contributed by atoms with Crippen molar-refractivity contribution in [3.05, 3.63) is 28.7 Å². The third-order valence-electron chi connectivity index (χ3n) is 8.75. The van der Waals surface area contributed by atoms with Gasteiger partial charge in [-0.05, 0) is 64.3 Å². The number of nitrogens with zero attached hydrogens (tertiary/aromatic N) is 3. The highest BCUT2D eigenvalue weighted by molar-refractivity contribution is 6.21. The quantitative estimate of drug-likeness (QED) is 0.0958. The second kappa shape index (κ2) is 16.2. The number of aliphatic hydroxyl groups is 1. The number of nitrogens with one attached hydrogen (secondary N) is 3. The van der Waals surface area contributed by atoms with Gasteiger partial charge in [-0.15, -0.1) is 11.6 Å². The van der Waals surface area contributed by atoms with Crippen LogP contribution in [0.4, 0.5) is 18.9 Å². The summed E-state index contributed by atoms with van der Waals surface area (Å²) < 4.78 is 45.2. The molecule has 1 aromatic heterocycles. The Morgan fingerprint density at radius 1 is 1.09 bits per heavy atom. The minimum Gasteiger partial charge on any atom is -0.390 e. The van der Waals surface area contributed by atoms with Crippen molar-refractivity contribution in [1.82, 2.24) is 24.7 Å². The van der Waals surface area contributed by atoms with Crippen LogP contribution >= 0.6 is 11.6 Å². The standard InChI is InChI=1S/C32H54ClF3N6O2/c1-7-10-28(40-20-22(3)32(35,36)23(4)21-40)39-29(25(33)8-2)38-24-11-12-26-27(19-24)42(18-13-31(5,6)44)30(43)41(26)17-9-15-37-16-14-34/h11-12,19,22-23,25,28-29,37-39,44H,7-10,13-18,20-21H2,1-6H3/t22-,23+,25?,28?,29?. The average molecular weight is 647 g/mol. The number of imidazole rings is 1. The molecule has 1 saturated heterocycles. The van der Waals surface area contributed by atoms with Crippen LogP contribution in [0.25, 0.3) is 11.0 Å². The number of benzene rings is 1. The molecule has 0 amide bonds. The zero-order valence-corrected chi connectivity index (χ0v) is 28.1. The van der Waals surface area contributed by atoms with Crippen molar-refractivity contribution in [2.24, 2.45) is 11.8 Å². The van der Waals surface area contributed by atoms with E-state index in [1.165, 1.54) is 0 Å². The topological polar surface area (TPSA) is 86.5 Å². The highest BCUT2D eigenvalue weighted by Gasteiger charge is 2.48. The van der Waals surface area contributed by atoms with E-state index in [0.717, 1.165) is 29.6 Å². The smallest absolute Gasteiger partial charge is 0.329 e. The zero-order valence-electron chi connectivity index (χ0n) is 27.3. The van der Waals surface area contributed by atoms with Crippen molar-refractivity contribution >= 4 is 28.3 Å². The molecule has 12 heteroatoms. The third-order valence-corrected chi connectivity index (χ3v) is 9.31. The molecule has 1 aliphatic rings. The van der Waals surface area contributed by atoms with Crippen molar-refractivity contribution in [3.8, 4) is 0 Å². The number of aromatic nitrogens is 2. The first kappa shape index (κ1) is 36.7. The second-order valence-corrected chi connectivity index (χ2v) is 13.7. The Hall–Kier alpha value is -1.79. The summed E-state index contributed by atoms with van der Waals surface area (Å²) in [5.74, 6) is -4.19. The van der Waals surface area contributed by atoms with E-state index in [-0.39, 0.29) is 29.9 Å². The summed E-state index contributed by atoms with van der Waals surface area (Å²) in [6.07, 6.45) is 2.93. The van der Waals surface area contributed by atoms with E-state index >= 15 is 0 Å². The molecule has 1 aromatic carbocycles. The lowest BCUT2D eigenvalue weighted by Crippen LogP contribution is -2.61. The summed E-state index contributed by atoms with van der Waals surface area (Å²) in [6.45, 7) is 12.7. The van der Waals surface area contributed by atoms with Gasteiger partial charge in [0.15, 0.2) is 0 Å². The van der Waals surface area contributed by atoms with Gasteiger partial charge in [-0.3, -0.25) is 19.4 Å². The molecule has 8 nitrogen and oxygen atoms in total. The first-order valence-electron chi connectivity index (χ1n) is 16.2. The first-order chi connectivity index (χ1) is 20.7. The van der Waals surface area contributed by atoms with Crippen LogP contribution in [0.1, 0.15) is 73.6 Å². The van der Waals surface area contributed by atoms with E-state index < -0.39 is 30.0 Å². The van der Waals surface area contributed by atoms with Crippen LogP contribution in [0.15, 0.2) is 23.0 Å². The SMILES string of the molecule is CCCC(NC(Nc1ccc2c(c1)n(CCC(C)(C)O)c(=O)n2CCCNCCF)C(Cl)CC)N1C[C@@H](C)C(F)(F)[C@@H](C)C1. The summed E-state index contributed by atoms with van der Waals surface area (Å²) in [4.78, 5) is 15.7. The summed E-state index contributed by atoms with van der Waals surface area (Å²) in [6, 6.07) is 5.78. The summed E-state index contributed by atoms with van der Waals surface area (Å²) >= 11 is 6.86. The van der Waals surface area contributed by atoms with Crippen LogP contribution in [-0.4, -0.2) is 81.2 Å². The molecular weight excluding hydrogens is 593 g/mol. The molecule has 4 N–H and O–H groups in total. The van der Waals surface area contributed by atoms with E-state index in [1.807, 2.05) is 25.1 Å². The Bertz CT molecular complexity index is 1220. The number of halogens is 4. The molecule has 0 aliphatic carbocycles. The van der Waals surface area contributed by atoms with Gasteiger partial charge in [-0.2, -0.15) is 0 Å².